The molecule has 1 amide bonds. The number of fused-ring (bicyclic) bond motifs is 1. The first-order valence-corrected chi connectivity index (χ1v) is 13.6. The lowest BCUT2D eigenvalue weighted by atomic mass is 9.75. The minimum atomic E-state index is -0.230. The third-order valence-electron chi connectivity index (χ3n) is 8.13. The second kappa shape index (κ2) is 11.5. The summed E-state index contributed by atoms with van der Waals surface area (Å²) in [5.41, 5.74) is 2.20. The minimum Gasteiger partial charge on any atom is -0.446 e. The zero-order valence-corrected chi connectivity index (χ0v) is 22.2. The molecule has 0 saturated heterocycles. The quantitative estimate of drug-likeness (QED) is 0.476. The highest BCUT2D eigenvalue weighted by Crippen LogP contribution is 2.35. The van der Waals surface area contributed by atoms with E-state index in [4.69, 9.17) is 9.72 Å². The Morgan fingerprint density at radius 3 is 2.57 bits per heavy atom. The van der Waals surface area contributed by atoms with Gasteiger partial charge in [0.05, 0.1) is 5.52 Å². The fourth-order valence-electron chi connectivity index (χ4n) is 5.98. The van der Waals surface area contributed by atoms with Gasteiger partial charge < -0.3 is 20.3 Å². The van der Waals surface area contributed by atoms with Crippen LogP contribution in [0.1, 0.15) is 65.7 Å². The van der Waals surface area contributed by atoms with E-state index in [-0.39, 0.29) is 12.2 Å². The summed E-state index contributed by atoms with van der Waals surface area (Å²) < 4.78 is 5.92. The molecule has 0 radical (unpaired) electrons. The molecule has 0 bridgehead atoms. The van der Waals surface area contributed by atoms with Crippen LogP contribution in [0.4, 0.5) is 16.3 Å². The largest absolute Gasteiger partial charge is 0.446 e. The zero-order chi connectivity index (χ0) is 24.9. The molecule has 0 spiro atoms. The van der Waals surface area contributed by atoms with E-state index in [0.717, 1.165) is 49.9 Å². The molecule has 1 heterocycles. The van der Waals surface area contributed by atoms with E-state index in [2.05, 4.69) is 74.7 Å². The van der Waals surface area contributed by atoms with Crippen LogP contribution in [0.25, 0.3) is 10.9 Å². The number of hydrogen-bond donors (Lipinski definition) is 2. The number of carbonyl (C=O) groups excluding carboxylic acids is 1. The topological polar surface area (TPSA) is 66.5 Å². The Kier molecular flexibility index (Phi) is 8.40. The lowest BCUT2D eigenvalue weighted by Crippen LogP contribution is -2.40. The Hall–Kier alpha value is -2.50. The number of nitrogens with one attached hydrogen (secondary N) is 2. The van der Waals surface area contributed by atoms with Crippen molar-refractivity contribution in [1.82, 2.24) is 10.3 Å². The number of pyridine rings is 1. The number of ether oxygens (including phenoxy) is 1. The molecule has 4 rings (SSSR count). The Labute approximate surface area is 211 Å². The minimum absolute atomic E-state index is 0.0557. The highest BCUT2D eigenvalue weighted by Gasteiger charge is 2.33. The maximum atomic E-state index is 12.6. The number of para-hydroxylation sites is 1. The van der Waals surface area contributed by atoms with E-state index in [0.29, 0.717) is 36.3 Å². The Morgan fingerprint density at radius 2 is 1.86 bits per heavy atom. The summed E-state index contributed by atoms with van der Waals surface area (Å²) in [5, 5.41) is 7.93. The summed E-state index contributed by atoms with van der Waals surface area (Å²) >= 11 is 0. The van der Waals surface area contributed by atoms with Crippen LogP contribution in [0.15, 0.2) is 30.3 Å². The summed E-state index contributed by atoms with van der Waals surface area (Å²) in [5.74, 6) is 3.12. The van der Waals surface area contributed by atoms with Gasteiger partial charge in [-0.05, 0) is 68.3 Å². The molecule has 6 nitrogen and oxygen atoms in total. The van der Waals surface area contributed by atoms with Crippen molar-refractivity contribution in [2.45, 2.75) is 77.9 Å². The lowest BCUT2D eigenvalue weighted by Gasteiger charge is -2.36. The number of alkyl carbamates (subject to hydrolysis) is 1. The molecule has 6 heteroatoms. The molecule has 1 aromatic carbocycles. The first kappa shape index (κ1) is 25.6. The van der Waals surface area contributed by atoms with Crippen molar-refractivity contribution in [3.8, 4) is 0 Å². The Bertz CT molecular complexity index is 984. The average molecular weight is 481 g/mol. The van der Waals surface area contributed by atoms with Gasteiger partial charge in [0, 0.05) is 43.8 Å². The van der Waals surface area contributed by atoms with Gasteiger partial charge in [-0.15, -0.1) is 0 Å². The third-order valence-corrected chi connectivity index (χ3v) is 8.13. The molecule has 3 atom stereocenters. The van der Waals surface area contributed by atoms with Gasteiger partial charge in [0.1, 0.15) is 11.9 Å². The van der Waals surface area contributed by atoms with Gasteiger partial charge in [0.15, 0.2) is 0 Å². The van der Waals surface area contributed by atoms with Crippen molar-refractivity contribution in [2.24, 2.45) is 23.7 Å². The van der Waals surface area contributed by atoms with Crippen molar-refractivity contribution in [3.05, 3.63) is 30.3 Å². The molecular weight excluding hydrogens is 436 g/mol. The standard InChI is InChI=1S/C29H44N4O2/c1-19(2)23-15-10-20(3)16-27(23)35-29(34)30-18-21-11-13-22(14-12-21)31-28-17-26(33(4)5)24-8-6-7-9-25(24)32-28/h6-9,17,19-23,27H,10-16,18H2,1-5H3,(H,30,34)(H,31,32)/t20-,21?,22?,23+,27-/m1/s1. The van der Waals surface area contributed by atoms with E-state index in [1.54, 1.807) is 0 Å². The number of nitrogens with zero attached hydrogens (tertiary/aromatic N) is 2. The van der Waals surface area contributed by atoms with E-state index in [1.165, 1.54) is 17.5 Å². The van der Waals surface area contributed by atoms with Crippen molar-refractivity contribution in [1.29, 1.82) is 0 Å². The van der Waals surface area contributed by atoms with Crippen LogP contribution in [0.2, 0.25) is 0 Å². The molecule has 2 saturated carbocycles. The highest BCUT2D eigenvalue weighted by molar-refractivity contribution is 5.93. The molecule has 0 unspecified atom stereocenters. The number of rotatable bonds is 7. The van der Waals surface area contributed by atoms with Crippen molar-refractivity contribution >= 4 is 28.5 Å². The third kappa shape index (κ3) is 6.59. The molecule has 2 N–H and O–H groups in total. The smallest absolute Gasteiger partial charge is 0.407 e. The Morgan fingerprint density at radius 1 is 1.11 bits per heavy atom. The maximum Gasteiger partial charge on any atom is 0.407 e. The fourth-order valence-corrected chi connectivity index (χ4v) is 5.98. The van der Waals surface area contributed by atoms with Crippen LogP contribution in [-0.4, -0.2) is 43.9 Å². The lowest BCUT2D eigenvalue weighted by molar-refractivity contribution is 0.00566. The molecule has 2 aliphatic rings. The van der Waals surface area contributed by atoms with Crippen LogP contribution >= 0.6 is 0 Å². The van der Waals surface area contributed by atoms with Gasteiger partial charge >= 0.3 is 6.09 Å². The van der Waals surface area contributed by atoms with Gasteiger partial charge in [0.25, 0.3) is 0 Å². The van der Waals surface area contributed by atoms with E-state index >= 15 is 0 Å². The maximum absolute atomic E-state index is 12.6. The number of aromatic nitrogens is 1. The summed E-state index contributed by atoms with van der Waals surface area (Å²) in [6, 6.07) is 10.9. The van der Waals surface area contributed by atoms with E-state index in [1.807, 2.05) is 6.07 Å². The first-order chi connectivity index (χ1) is 16.8. The predicted molar refractivity (Wildman–Crippen MR) is 145 cm³/mol. The number of hydrogen-bond acceptors (Lipinski definition) is 5. The summed E-state index contributed by atoms with van der Waals surface area (Å²) in [4.78, 5) is 19.6. The Balaban J connectivity index is 1.25. The van der Waals surface area contributed by atoms with Gasteiger partial charge in [-0.2, -0.15) is 0 Å². The molecule has 1 aromatic heterocycles. The molecule has 2 aromatic rings. The normalized spacial score (nSPS) is 27.0. The SMILES string of the molecule is CC(C)[C@@H]1CC[C@@H](C)C[C@H]1OC(=O)NCC1CCC(Nc2cc(N(C)C)c3ccccc3n2)CC1. The highest BCUT2D eigenvalue weighted by atomic mass is 16.6. The second-order valence-electron chi connectivity index (χ2n) is 11.5. The summed E-state index contributed by atoms with van der Waals surface area (Å²) in [6.45, 7) is 7.47. The van der Waals surface area contributed by atoms with Crippen molar-refractivity contribution in [3.63, 3.8) is 0 Å². The summed E-state index contributed by atoms with van der Waals surface area (Å²) in [7, 11) is 4.15. The fraction of sp³-hybridized carbons (Fsp3) is 0.655. The van der Waals surface area contributed by atoms with Crippen molar-refractivity contribution < 1.29 is 9.53 Å². The van der Waals surface area contributed by atoms with E-state index in [9.17, 15) is 4.79 Å². The molecule has 2 aliphatic carbocycles. The number of amides is 1. The van der Waals surface area contributed by atoms with Crippen LogP contribution in [0.5, 0.6) is 0 Å². The number of carbonyl (C=O) groups is 1. The van der Waals surface area contributed by atoms with Crippen LogP contribution in [0, 0.1) is 23.7 Å². The molecule has 2 fully saturated rings. The monoisotopic (exact) mass is 480 g/mol. The van der Waals surface area contributed by atoms with Crippen LogP contribution in [-0.2, 0) is 4.74 Å². The number of benzene rings is 1. The van der Waals surface area contributed by atoms with Crippen LogP contribution < -0.4 is 15.5 Å². The summed E-state index contributed by atoms with van der Waals surface area (Å²) in [6.07, 6.45) is 7.59. The van der Waals surface area contributed by atoms with Crippen molar-refractivity contribution in [2.75, 3.05) is 30.9 Å². The number of anilines is 2. The van der Waals surface area contributed by atoms with Gasteiger partial charge in [-0.1, -0.05) is 45.4 Å². The van der Waals surface area contributed by atoms with Gasteiger partial charge in [0.2, 0.25) is 0 Å². The molecule has 192 valence electrons. The second-order valence-corrected chi connectivity index (χ2v) is 11.5. The van der Waals surface area contributed by atoms with Gasteiger partial charge in [-0.25, -0.2) is 9.78 Å². The van der Waals surface area contributed by atoms with E-state index < -0.39 is 0 Å². The van der Waals surface area contributed by atoms with Gasteiger partial charge in [-0.3, -0.25) is 0 Å². The predicted octanol–water partition coefficient (Wildman–Crippen LogP) is 6.46. The average Bonchev–Trinajstić information content (AvgIpc) is 2.83. The molecule has 35 heavy (non-hydrogen) atoms. The molecule has 0 aliphatic heterocycles. The zero-order valence-electron chi connectivity index (χ0n) is 22.2. The van der Waals surface area contributed by atoms with Crippen LogP contribution in [0.3, 0.4) is 0 Å². The molecular formula is C29H44N4O2. The first-order valence-electron chi connectivity index (χ1n) is 13.6.